The topological polar surface area (TPSA) is 60.1 Å². The van der Waals surface area contributed by atoms with Crippen molar-refractivity contribution in [3.63, 3.8) is 0 Å². The Kier molecular flexibility index (Phi) is 3.67. The van der Waals surface area contributed by atoms with E-state index in [1.807, 2.05) is 29.8 Å². The van der Waals surface area contributed by atoms with Crippen molar-refractivity contribution < 1.29 is 4.79 Å². The average Bonchev–Trinajstić information content (AvgIpc) is 2.69. The predicted octanol–water partition coefficient (Wildman–Crippen LogP) is 1.57. The Labute approximate surface area is 107 Å². The number of hydrogen-bond donors (Lipinski definition) is 2. The maximum atomic E-state index is 12.0. The smallest absolute Gasteiger partial charge is 0.267 e. The van der Waals surface area contributed by atoms with Crippen LogP contribution in [0.5, 0.6) is 0 Å². The number of nitrogens with zero attached hydrogens (tertiary/aromatic N) is 1. The average molecular weight is 245 g/mol. The molecule has 0 aliphatic rings. The van der Waals surface area contributed by atoms with Gasteiger partial charge in [0.15, 0.2) is 0 Å². The van der Waals surface area contributed by atoms with Crippen LogP contribution in [0.2, 0.25) is 0 Å². The van der Waals surface area contributed by atoms with Crippen LogP contribution in [0.25, 0.3) is 10.9 Å². The third-order valence-corrected chi connectivity index (χ3v) is 3.20. The van der Waals surface area contributed by atoms with Gasteiger partial charge in [0.2, 0.25) is 0 Å². The van der Waals surface area contributed by atoms with Gasteiger partial charge in [0.1, 0.15) is 5.69 Å². The van der Waals surface area contributed by atoms with Crippen LogP contribution >= 0.6 is 0 Å². The largest absolute Gasteiger partial charge is 0.351 e. The highest BCUT2D eigenvalue weighted by Crippen LogP contribution is 2.21. The maximum Gasteiger partial charge on any atom is 0.267 e. The molecular weight excluding hydrogens is 226 g/mol. The molecular formula is C14H19N3O. The second-order valence-electron chi connectivity index (χ2n) is 4.49. The Hall–Kier alpha value is -1.81. The molecule has 4 heteroatoms. The van der Waals surface area contributed by atoms with Crippen molar-refractivity contribution in [1.29, 1.82) is 0 Å². The number of hydrogen-bond acceptors (Lipinski definition) is 2. The van der Waals surface area contributed by atoms with Crippen molar-refractivity contribution in [3.05, 3.63) is 35.5 Å². The SMILES string of the molecule is Cc1cccc2c1cc(C(=O)NCCCN)n2C. The zero-order chi connectivity index (χ0) is 13.1. The number of carbonyl (C=O) groups excluding carboxylic acids is 1. The van der Waals surface area contributed by atoms with Gasteiger partial charge < -0.3 is 15.6 Å². The number of amides is 1. The van der Waals surface area contributed by atoms with Gasteiger partial charge >= 0.3 is 0 Å². The third kappa shape index (κ3) is 2.24. The van der Waals surface area contributed by atoms with E-state index < -0.39 is 0 Å². The minimum absolute atomic E-state index is 0.0402. The van der Waals surface area contributed by atoms with Crippen LogP contribution in [0, 0.1) is 6.92 Å². The van der Waals surface area contributed by atoms with Crippen LogP contribution < -0.4 is 11.1 Å². The van der Waals surface area contributed by atoms with Crippen LogP contribution in [0.3, 0.4) is 0 Å². The Balaban J connectivity index is 2.31. The number of carbonyl (C=O) groups is 1. The zero-order valence-corrected chi connectivity index (χ0v) is 10.9. The van der Waals surface area contributed by atoms with E-state index in [0.717, 1.165) is 17.3 Å². The number of aryl methyl sites for hydroxylation is 2. The fourth-order valence-corrected chi connectivity index (χ4v) is 2.12. The molecule has 0 atom stereocenters. The molecule has 1 amide bonds. The Morgan fingerprint density at radius 2 is 2.22 bits per heavy atom. The van der Waals surface area contributed by atoms with E-state index in [2.05, 4.69) is 18.3 Å². The first-order valence-corrected chi connectivity index (χ1v) is 6.18. The molecule has 0 bridgehead atoms. The monoisotopic (exact) mass is 245 g/mol. The maximum absolute atomic E-state index is 12.0. The first kappa shape index (κ1) is 12.6. The summed E-state index contributed by atoms with van der Waals surface area (Å²) in [5.41, 5.74) is 8.37. The van der Waals surface area contributed by atoms with Gasteiger partial charge in [-0.2, -0.15) is 0 Å². The highest BCUT2D eigenvalue weighted by molar-refractivity contribution is 5.99. The van der Waals surface area contributed by atoms with E-state index in [1.165, 1.54) is 5.56 Å². The molecule has 0 fully saturated rings. The number of nitrogens with one attached hydrogen (secondary N) is 1. The van der Waals surface area contributed by atoms with Crippen LogP contribution in [-0.4, -0.2) is 23.6 Å². The molecule has 3 N–H and O–H groups in total. The highest BCUT2D eigenvalue weighted by Gasteiger charge is 2.13. The summed E-state index contributed by atoms with van der Waals surface area (Å²) in [5.74, 6) is -0.0402. The van der Waals surface area contributed by atoms with E-state index in [1.54, 1.807) is 0 Å². The summed E-state index contributed by atoms with van der Waals surface area (Å²) in [6, 6.07) is 8.04. The van der Waals surface area contributed by atoms with Gasteiger partial charge in [-0.15, -0.1) is 0 Å². The second-order valence-corrected chi connectivity index (χ2v) is 4.49. The second kappa shape index (κ2) is 5.23. The van der Waals surface area contributed by atoms with Gasteiger partial charge in [0.25, 0.3) is 5.91 Å². The van der Waals surface area contributed by atoms with Crippen molar-refractivity contribution in [2.45, 2.75) is 13.3 Å². The first-order valence-electron chi connectivity index (χ1n) is 6.18. The molecule has 0 saturated carbocycles. The lowest BCUT2D eigenvalue weighted by Crippen LogP contribution is -2.27. The molecule has 1 aromatic carbocycles. The van der Waals surface area contributed by atoms with E-state index in [9.17, 15) is 4.79 Å². The standard InChI is InChI=1S/C14H19N3O/c1-10-5-3-6-12-11(10)9-13(17(12)2)14(18)16-8-4-7-15/h3,5-6,9H,4,7-8,15H2,1-2H3,(H,16,18). The predicted molar refractivity (Wildman–Crippen MR) is 73.7 cm³/mol. The molecule has 0 radical (unpaired) electrons. The lowest BCUT2D eigenvalue weighted by atomic mass is 10.1. The number of aromatic nitrogens is 1. The molecule has 0 aliphatic heterocycles. The molecule has 0 spiro atoms. The van der Waals surface area contributed by atoms with Gasteiger partial charge in [-0.25, -0.2) is 0 Å². The van der Waals surface area contributed by atoms with Crippen LogP contribution in [0.1, 0.15) is 22.5 Å². The summed E-state index contributed by atoms with van der Waals surface area (Å²) in [7, 11) is 1.92. The lowest BCUT2D eigenvalue weighted by molar-refractivity contribution is 0.0946. The minimum atomic E-state index is -0.0402. The molecule has 4 nitrogen and oxygen atoms in total. The zero-order valence-electron chi connectivity index (χ0n) is 10.9. The molecule has 18 heavy (non-hydrogen) atoms. The summed E-state index contributed by atoms with van der Waals surface area (Å²) in [4.78, 5) is 12.0. The van der Waals surface area contributed by atoms with Gasteiger partial charge in [-0.3, -0.25) is 4.79 Å². The minimum Gasteiger partial charge on any atom is -0.351 e. The number of nitrogens with two attached hydrogens (primary N) is 1. The first-order chi connectivity index (χ1) is 8.65. The van der Waals surface area contributed by atoms with Crippen molar-refractivity contribution >= 4 is 16.8 Å². The lowest BCUT2D eigenvalue weighted by Gasteiger charge is -2.05. The van der Waals surface area contributed by atoms with Gasteiger partial charge in [0.05, 0.1) is 0 Å². The Morgan fingerprint density at radius 3 is 2.89 bits per heavy atom. The molecule has 0 aliphatic carbocycles. The molecule has 1 aromatic heterocycles. The van der Waals surface area contributed by atoms with Crippen molar-refractivity contribution in [3.8, 4) is 0 Å². The van der Waals surface area contributed by atoms with E-state index >= 15 is 0 Å². The van der Waals surface area contributed by atoms with Crippen LogP contribution in [0.4, 0.5) is 0 Å². The highest BCUT2D eigenvalue weighted by atomic mass is 16.1. The molecule has 2 rings (SSSR count). The van der Waals surface area contributed by atoms with E-state index in [-0.39, 0.29) is 5.91 Å². The Morgan fingerprint density at radius 1 is 1.44 bits per heavy atom. The van der Waals surface area contributed by atoms with Crippen molar-refractivity contribution in [2.75, 3.05) is 13.1 Å². The van der Waals surface area contributed by atoms with Crippen molar-refractivity contribution in [1.82, 2.24) is 9.88 Å². The summed E-state index contributed by atoms with van der Waals surface area (Å²) in [6.07, 6.45) is 0.800. The summed E-state index contributed by atoms with van der Waals surface area (Å²) < 4.78 is 1.93. The normalized spacial score (nSPS) is 10.8. The molecule has 0 saturated heterocycles. The van der Waals surface area contributed by atoms with E-state index in [4.69, 9.17) is 5.73 Å². The number of fused-ring (bicyclic) bond motifs is 1. The molecule has 1 heterocycles. The summed E-state index contributed by atoms with van der Waals surface area (Å²) in [5, 5.41) is 4.01. The van der Waals surface area contributed by atoms with Gasteiger partial charge in [-0.1, -0.05) is 12.1 Å². The van der Waals surface area contributed by atoms with Crippen molar-refractivity contribution in [2.24, 2.45) is 12.8 Å². The number of rotatable bonds is 4. The molecule has 96 valence electrons. The van der Waals surface area contributed by atoms with E-state index in [0.29, 0.717) is 18.8 Å². The molecule has 2 aromatic rings. The molecule has 0 unspecified atom stereocenters. The van der Waals surface area contributed by atoms with Crippen LogP contribution in [-0.2, 0) is 7.05 Å². The quantitative estimate of drug-likeness (QED) is 0.803. The number of benzene rings is 1. The van der Waals surface area contributed by atoms with Crippen LogP contribution in [0.15, 0.2) is 24.3 Å². The third-order valence-electron chi connectivity index (χ3n) is 3.20. The summed E-state index contributed by atoms with van der Waals surface area (Å²) in [6.45, 7) is 3.27. The fraction of sp³-hybridized carbons (Fsp3) is 0.357. The van der Waals surface area contributed by atoms with Gasteiger partial charge in [-0.05, 0) is 37.6 Å². The fourth-order valence-electron chi connectivity index (χ4n) is 2.12. The Bertz CT molecular complexity index is 572. The van der Waals surface area contributed by atoms with Gasteiger partial charge in [0, 0.05) is 24.5 Å². The summed E-state index contributed by atoms with van der Waals surface area (Å²) >= 11 is 0.